The maximum atomic E-state index is 13.0. The second kappa shape index (κ2) is 11.2. The van der Waals surface area contributed by atoms with Crippen LogP contribution >= 0.6 is 11.8 Å². The van der Waals surface area contributed by atoms with E-state index >= 15 is 0 Å². The Hall–Kier alpha value is -2.22. The minimum absolute atomic E-state index is 0.0761. The van der Waals surface area contributed by atoms with Gasteiger partial charge in [-0.2, -0.15) is 11.8 Å². The number of ether oxygens (including phenoxy) is 1. The summed E-state index contributed by atoms with van der Waals surface area (Å²) in [5, 5.41) is 2.84. The third-order valence-corrected chi connectivity index (χ3v) is 6.36. The highest BCUT2D eigenvalue weighted by atomic mass is 32.2. The van der Waals surface area contributed by atoms with Crippen molar-refractivity contribution in [1.82, 2.24) is 15.1 Å². The van der Waals surface area contributed by atoms with Gasteiger partial charge in [-0.25, -0.2) is 0 Å². The lowest BCUT2D eigenvalue weighted by atomic mass is 9.84. The Morgan fingerprint density at radius 2 is 1.77 bits per heavy atom. The highest BCUT2D eigenvalue weighted by Crippen LogP contribution is 2.28. The maximum absolute atomic E-state index is 13.0. The summed E-state index contributed by atoms with van der Waals surface area (Å²) in [5.74, 6) is 1.43. The van der Waals surface area contributed by atoms with Gasteiger partial charge in [0.15, 0.2) is 6.61 Å². The minimum atomic E-state index is -0.571. The zero-order chi connectivity index (χ0) is 21.3. The summed E-state index contributed by atoms with van der Waals surface area (Å²) in [7, 11) is 0. The molecule has 3 amide bonds. The number of thioether (sulfide) groups is 1. The molecule has 7 nitrogen and oxygen atoms in total. The first-order valence-electron chi connectivity index (χ1n) is 10.6. The largest absolute Gasteiger partial charge is 0.484 e. The molecule has 164 valence electrons. The van der Waals surface area contributed by atoms with Crippen molar-refractivity contribution in [3.63, 3.8) is 0 Å². The fourth-order valence-electron chi connectivity index (χ4n) is 3.68. The van der Waals surface area contributed by atoms with Gasteiger partial charge in [-0.15, -0.1) is 0 Å². The Balaban J connectivity index is 1.49. The van der Waals surface area contributed by atoms with Crippen LogP contribution in [0.2, 0.25) is 0 Å². The van der Waals surface area contributed by atoms with E-state index in [-0.39, 0.29) is 30.2 Å². The molecule has 1 atom stereocenters. The molecule has 30 heavy (non-hydrogen) atoms. The molecule has 3 rings (SSSR count). The number of hydrogen-bond donors (Lipinski definition) is 1. The second-order valence-corrected chi connectivity index (χ2v) is 8.77. The molecule has 1 N–H and O–H groups in total. The van der Waals surface area contributed by atoms with E-state index in [1.54, 1.807) is 28.8 Å². The number of carbonyl (C=O) groups is 3. The topological polar surface area (TPSA) is 79.0 Å². The first-order chi connectivity index (χ1) is 14.6. The van der Waals surface area contributed by atoms with E-state index in [4.69, 9.17) is 4.74 Å². The van der Waals surface area contributed by atoms with Crippen molar-refractivity contribution < 1.29 is 19.1 Å². The van der Waals surface area contributed by atoms with Crippen LogP contribution in [0.1, 0.15) is 25.7 Å². The van der Waals surface area contributed by atoms with E-state index in [2.05, 4.69) is 5.32 Å². The van der Waals surface area contributed by atoms with Crippen LogP contribution in [-0.2, 0) is 14.4 Å². The molecular weight excluding hydrogens is 402 g/mol. The van der Waals surface area contributed by atoms with Crippen LogP contribution in [-0.4, -0.2) is 78.4 Å². The summed E-state index contributed by atoms with van der Waals surface area (Å²) in [5.41, 5.74) is 0. The molecule has 1 aromatic rings. The lowest BCUT2D eigenvalue weighted by molar-refractivity contribution is -0.145. The first-order valence-corrected chi connectivity index (χ1v) is 12.0. The van der Waals surface area contributed by atoms with E-state index in [1.165, 1.54) is 0 Å². The standard InChI is InChI=1S/C22H31N3O4S/c1-30-15-10-19(23-20(26)16-29-18-8-3-2-4-9-18)22(28)25-13-11-24(12-14-25)21(27)17-6-5-7-17/h2-4,8-9,17,19H,5-7,10-16H2,1H3,(H,23,26). The predicted molar refractivity (Wildman–Crippen MR) is 117 cm³/mol. The lowest BCUT2D eigenvalue weighted by Gasteiger charge is -2.39. The third-order valence-electron chi connectivity index (χ3n) is 5.71. The van der Waals surface area contributed by atoms with Gasteiger partial charge in [0.2, 0.25) is 11.8 Å². The summed E-state index contributed by atoms with van der Waals surface area (Å²) >= 11 is 1.64. The van der Waals surface area contributed by atoms with Gasteiger partial charge in [-0.05, 0) is 43.4 Å². The molecule has 2 aliphatic rings. The molecule has 1 heterocycles. The number of para-hydroxylation sites is 1. The minimum Gasteiger partial charge on any atom is -0.484 e. The number of benzene rings is 1. The molecule has 1 saturated carbocycles. The molecule has 1 aliphatic heterocycles. The van der Waals surface area contributed by atoms with Crippen LogP contribution in [0, 0.1) is 5.92 Å². The van der Waals surface area contributed by atoms with Gasteiger partial charge in [0.05, 0.1) is 0 Å². The summed E-state index contributed by atoms with van der Waals surface area (Å²) in [4.78, 5) is 41.5. The molecule has 0 spiro atoms. The van der Waals surface area contributed by atoms with E-state index in [1.807, 2.05) is 29.4 Å². The molecule has 0 radical (unpaired) electrons. The highest BCUT2D eigenvalue weighted by molar-refractivity contribution is 7.98. The normalized spacial score (nSPS) is 17.8. The van der Waals surface area contributed by atoms with Crippen LogP contribution in [0.3, 0.4) is 0 Å². The summed E-state index contributed by atoms with van der Waals surface area (Å²) in [6, 6.07) is 8.56. The Bertz CT molecular complexity index is 718. The fraction of sp³-hybridized carbons (Fsp3) is 0.591. The van der Waals surface area contributed by atoms with Crippen molar-refractivity contribution in [1.29, 1.82) is 0 Å². The number of rotatable bonds is 9. The highest BCUT2D eigenvalue weighted by Gasteiger charge is 2.33. The zero-order valence-corrected chi connectivity index (χ0v) is 18.4. The molecule has 2 fully saturated rings. The maximum Gasteiger partial charge on any atom is 0.258 e. The molecule has 1 aromatic carbocycles. The van der Waals surface area contributed by atoms with Gasteiger partial charge in [0.1, 0.15) is 11.8 Å². The van der Waals surface area contributed by atoms with Crippen molar-refractivity contribution in [2.24, 2.45) is 5.92 Å². The van der Waals surface area contributed by atoms with Gasteiger partial charge in [0, 0.05) is 32.1 Å². The fourth-order valence-corrected chi connectivity index (χ4v) is 4.15. The molecular formula is C22H31N3O4S. The summed E-state index contributed by atoms with van der Waals surface area (Å²) in [6.45, 7) is 2.05. The second-order valence-electron chi connectivity index (χ2n) is 7.78. The SMILES string of the molecule is CSCCC(NC(=O)COc1ccccc1)C(=O)N1CCN(C(=O)C2CCC2)CC1. The van der Waals surface area contributed by atoms with Gasteiger partial charge in [-0.1, -0.05) is 24.6 Å². The van der Waals surface area contributed by atoms with Crippen LogP contribution < -0.4 is 10.1 Å². The molecule has 1 aliphatic carbocycles. The average molecular weight is 434 g/mol. The number of nitrogens with zero attached hydrogens (tertiary/aromatic N) is 2. The van der Waals surface area contributed by atoms with Gasteiger partial charge < -0.3 is 19.9 Å². The van der Waals surface area contributed by atoms with E-state index in [0.29, 0.717) is 38.3 Å². The van der Waals surface area contributed by atoms with E-state index in [0.717, 1.165) is 25.0 Å². The van der Waals surface area contributed by atoms with Crippen molar-refractivity contribution in [3.05, 3.63) is 30.3 Å². The Morgan fingerprint density at radius 1 is 1.10 bits per heavy atom. The van der Waals surface area contributed by atoms with Gasteiger partial charge in [0.25, 0.3) is 5.91 Å². The number of nitrogens with one attached hydrogen (secondary N) is 1. The predicted octanol–water partition coefficient (Wildman–Crippen LogP) is 1.77. The Kier molecular flexibility index (Phi) is 8.42. The average Bonchev–Trinajstić information content (AvgIpc) is 2.74. The number of carbonyl (C=O) groups excluding carboxylic acids is 3. The lowest BCUT2D eigenvalue weighted by Crippen LogP contribution is -2.57. The van der Waals surface area contributed by atoms with Crippen molar-refractivity contribution in [3.8, 4) is 5.75 Å². The van der Waals surface area contributed by atoms with Gasteiger partial charge >= 0.3 is 0 Å². The quantitative estimate of drug-likeness (QED) is 0.642. The van der Waals surface area contributed by atoms with Crippen molar-refractivity contribution in [2.45, 2.75) is 31.7 Å². The van der Waals surface area contributed by atoms with Crippen LogP contribution in [0.15, 0.2) is 30.3 Å². The number of hydrogen-bond acceptors (Lipinski definition) is 5. The molecule has 1 saturated heterocycles. The Labute approximate surface area is 182 Å². The zero-order valence-electron chi connectivity index (χ0n) is 17.5. The number of piperazine rings is 1. The van der Waals surface area contributed by atoms with Crippen molar-refractivity contribution >= 4 is 29.5 Å². The first kappa shape index (κ1) is 22.5. The van der Waals surface area contributed by atoms with Crippen LogP contribution in [0.5, 0.6) is 5.75 Å². The molecule has 0 aromatic heterocycles. The third kappa shape index (κ3) is 6.14. The van der Waals surface area contributed by atoms with E-state index in [9.17, 15) is 14.4 Å². The summed E-state index contributed by atoms with van der Waals surface area (Å²) in [6.07, 6.45) is 5.67. The van der Waals surface area contributed by atoms with E-state index < -0.39 is 6.04 Å². The molecule has 1 unspecified atom stereocenters. The van der Waals surface area contributed by atoms with Crippen LogP contribution in [0.4, 0.5) is 0 Å². The number of amides is 3. The Morgan fingerprint density at radius 3 is 2.37 bits per heavy atom. The molecule has 8 heteroatoms. The van der Waals surface area contributed by atoms with Crippen LogP contribution in [0.25, 0.3) is 0 Å². The summed E-state index contributed by atoms with van der Waals surface area (Å²) < 4.78 is 5.49. The molecule has 0 bridgehead atoms. The van der Waals surface area contributed by atoms with Gasteiger partial charge in [-0.3, -0.25) is 14.4 Å². The monoisotopic (exact) mass is 433 g/mol. The van der Waals surface area contributed by atoms with Crippen molar-refractivity contribution in [2.75, 3.05) is 44.8 Å². The smallest absolute Gasteiger partial charge is 0.258 e.